The summed E-state index contributed by atoms with van der Waals surface area (Å²) in [7, 11) is 0. The zero-order valence-corrected chi connectivity index (χ0v) is 10.9. The van der Waals surface area contributed by atoms with E-state index in [1.165, 1.54) is 11.0 Å². The SMILES string of the molecule is CC(C)CCOCCNC(=O)Cn1cnc(N)n1. The van der Waals surface area contributed by atoms with E-state index in [2.05, 4.69) is 29.2 Å². The second kappa shape index (κ2) is 7.65. The summed E-state index contributed by atoms with van der Waals surface area (Å²) >= 11 is 0. The molecule has 18 heavy (non-hydrogen) atoms. The largest absolute Gasteiger partial charge is 0.380 e. The Kier molecular flexibility index (Phi) is 6.13. The molecule has 0 radical (unpaired) electrons. The van der Waals surface area contributed by atoms with E-state index < -0.39 is 0 Å². The van der Waals surface area contributed by atoms with Crippen LogP contribution in [0.5, 0.6) is 0 Å². The van der Waals surface area contributed by atoms with E-state index in [4.69, 9.17) is 10.5 Å². The molecule has 0 aliphatic heterocycles. The number of nitrogen functional groups attached to an aromatic ring is 1. The third kappa shape index (κ3) is 6.19. The maximum absolute atomic E-state index is 11.5. The van der Waals surface area contributed by atoms with E-state index in [1.54, 1.807) is 0 Å². The van der Waals surface area contributed by atoms with E-state index in [1.807, 2.05) is 0 Å². The van der Waals surface area contributed by atoms with Gasteiger partial charge < -0.3 is 15.8 Å². The summed E-state index contributed by atoms with van der Waals surface area (Å²) in [6, 6.07) is 0. The van der Waals surface area contributed by atoms with Crippen molar-refractivity contribution < 1.29 is 9.53 Å². The maximum atomic E-state index is 11.5. The molecule has 102 valence electrons. The lowest BCUT2D eigenvalue weighted by molar-refractivity contribution is -0.122. The molecule has 1 aromatic rings. The van der Waals surface area contributed by atoms with Crippen LogP contribution < -0.4 is 11.1 Å². The molecule has 7 heteroatoms. The molecule has 0 saturated carbocycles. The normalized spacial score (nSPS) is 10.8. The lowest BCUT2D eigenvalue weighted by Gasteiger charge is -2.07. The molecule has 3 N–H and O–H groups in total. The van der Waals surface area contributed by atoms with Gasteiger partial charge >= 0.3 is 0 Å². The molecule has 7 nitrogen and oxygen atoms in total. The highest BCUT2D eigenvalue weighted by molar-refractivity contribution is 5.75. The van der Waals surface area contributed by atoms with E-state index in [-0.39, 0.29) is 18.4 Å². The van der Waals surface area contributed by atoms with Gasteiger partial charge in [0.05, 0.1) is 6.61 Å². The van der Waals surface area contributed by atoms with Crippen LogP contribution in [0.1, 0.15) is 20.3 Å². The van der Waals surface area contributed by atoms with Gasteiger partial charge in [-0.15, -0.1) is 5.10 Å². The Hall–Kier alpha value is -1.63. The van der Waals surface area contributed by atoms with Crippen LogP contribution in [0.4, 0.5) is 5.95 Å². The zero-order chi connectivity index (χ0) is 13.4. The van der Waals surface area contributed by atoms with Crippen LogP contribution in [0.3, 0.4) is 0 Å². The number of rotatable bonds is 8. The Bertz CT molecular complexity index is 364. The molecule has 0 bridgehead atoms. The van der Waals surface area contributed by atoms with Crippen LogP contribution in [0.2, 0.25) is 0 Å². The van der Waals surface area contributed by atoms with Crippen molar-refractivity contribution in [3.8, 4) is 0 Å². The Labute approximate surface area is 107 Å². The second-order valence-corrected chi connectivity index (χ2v) is 4.45. The highest BCUT2D eigenvalue weighted by Gasteiger charge is 2.03. The smallest absolute Gasteiger partial charge is 0.241 e. The first-order valence-electron chi connectivity index (χ1n) is 6.07. The Morgan fingerprint density at radius 2 is 2.33 bits per heavy atom. The minimum absolute atomic E-state index is 0.121. The zero-order valence-electron chi connectivity index (χ0n) is 10.9. The standard InChI is InChI=1S/C11H21N5O2/c1-9(2)3-5-18-6-4-13-10(17)7-16-8-14-11(12)15-16/h8-9H,3-7H2,1-2H3,(H2,12,15)(H,13,17). The number of ether oxygens (including phenoxy) is 1. The number of hydrogen-bond donors (Lipinski definition) is 2. The van der Waals surface area contributed by atoms with Crippen LogP contribution in [0.25, 0.3) is 0 Å². The molecule has 0 aliphatic carbocycles. The van der Waals surface area contributed by atoms with E-state index in [0.29, 0.717) is 19.1 Å². The molecule has 1 rings (SSSR count). The second-order valence-electron chi connectivity index (χ2n) is 4.45. The Morgan fingerprint density at radius 1 is 1.56 bits per heavy atom. The highest BCUT2D eigenvalue weighted by atomic mass is 16.5. The molecule has 0 fully saturated rings. The molecule has 0 unspecified atom stereocenters. The van der Waals surface area contributed by atoms with Crippen LogP contribution in [0.15, 0.2) is 6.33 Å². The van der Waals surface area contributed by atoms with Gasteiger partial charge in [0.15, 0.2) is 0 Å². The third-order valence-corrected chi connectivity index (χ3v) is 2.27. The number of anilines is 1. The van der Waals surface area contributed by atoms with Crippen LogP contribution in [0, 0.1) is 5.92 Å². The monoisotopic (exact) mass is 255 g/mol. The van der Waals surface area contributed by atoms with Crippen molar-refractivity contribution in [2.45, 2.75) is 26.8 Å². The first-order valence-corrected chi connectivity index (χ1v) is 6.07. The van der Waals surface area contributed by atoms with Crippen molar-refractivity contribution in [2.75, 3.05) is 25.5 Å². The van der Waals surface area contributed by atoms with Crippen molar-refractivity contribution in [2.24, 2.45) is 5.92 Å². The van der Waals surface area contributed by atoms with Gasteiger partial charge in [0.2, 0.25) is 11.9 Å². The summed E-state index contributed by atoms with van der Waals surface area (Å²) in [5, 5.41) is 6.55. The number of carbonyl (C=O) groups excluding carboxylic acids is 1. The maximum Gasteiger partial charge on any atom is 0.241 e. The first kappa shape index (κ1) is 14.4. The van der Waals surface area contributed by atoms with Crippen molar-refractivity contribution in [3.63, 3.8) is 0 Å². The molecule has 0 aromatic carbocycles. The van der Waals surface area contributed by atoms with Gasteiger partial charge in [0.25, 0.3) is 0 Å². The van der Waals surface area contributed by atoms with E-state index in [9.17, 15) is 4.79 Å². The van der Waals surface area contributed by atoms with Gasteiger partial charge in [-0.25, -0.2) is 9.67 Å². The molecule has 1 heterocycles. The number of carbonyl (C=O) groups is 1. The average Bonchev–Trinajstić information content (AvgIpc) is 2.68. The number of nitrogens with one attached hydrogen (secondary N) is 1. The van der Waals surface area contributed by atoms with Gasteiger partial charge in [-0.2, -0.15) is 0 Å². The molecule has 0 aliphatic rings. The topological polar surface area (TPSA) is 95.1 Å². The van der Waals surface area contributed by atoms with Gasteiger partial charge in [0.1, 0.15) is 12.9 Å². The van der Waals surface area contributed by atoms with Gasteiger partial charge in [-0.3, -0.25) is 4.79 Å². The molecule has 0 spiro atoms. The minimum Gasteiger partial charge on any atom is -0.380 e. The molecular formula is C11H21N5O2. The Morgan fingerprint density at radius 3 is 2.94 bits per heavy atom. The average molecular weight is 255 g/mol. The number of amides is 1. The van der Waals surface area contributed by atoms with Crippen LogP contribution in [-0.4, -0.2) is 40.4 Å². The summed E-state index contributed by atoms with van der Waals surface area (Å²) in [4.78, 5) is 15.2. The fraction of sp³-hybridized carbons (Fsp3) is 0.727. The number of hydrogen-bond acceptors (Lipinski definition) is 5. The van der Waals surface area contributed by atoms with Gasteiger partial charge in [0, 0.05) is 13.2 Å². The highest BCUT2D eigenvalue weighted by Crippen LogP contribution is 1.98. The number of aromatic nitrogens is 3. The van der Waals surface area contributed by atoms with Crippen LogP contribution in [-0.2, 0) is 16.1 Å². The first-order chi connectivity index (χ1) is 8.58. The van der Waals surface area contributed by atoms with Gasteiger partial charge in [-0.1, -0.05) is 13.8 Å². The third-order valence-electron chi connectivity index (χ3n) is 2.27. The summed E-state index contributed by atoms with van der Waals surface area (Å²) < 4.78 is 6.77. The predicted molar refractivity (Wildman–Crippen MR) is 67.7 cm³/mol. The van der Waals surface area contributed by atoms with Crippen molar-refractivity contribution in [1.82, 2.24) is 20.1 Å². The quantitative estimate of drug-likeness (QED) is 0.639. The molecule has 1 amide bonds. The van der Waals surface area contributed by atoms with E-state index >= 15 is 0 Å². The fourth-order valence-corrected chi connectivity index (χ4v) is 1.27. The van der Waals surface area contributed by atoms with Crippen molar-refractivity contribution in [1.29, 1.82) is 0 Å². The summed E-state index contributed by atoms with van der Waals surface area (Å²) in [6.45, 7) is 6.17. The number of nitrogens with zero attached hydrogens (tertiary/aromatic N) is 3. The molecule has 1 aromatic heterocycles. The molecular weight excluding hydrogens is 234 g/mol. The lowest BCUT2D eigenvalue weighted by Crippen LogP contribution is -2.30. The Balaban J connectivity index is 2.03. The van der Waals surface area contributed by atoms with Crippen LogP contribution >= 0.6 is 0 Å². The van der Waals surface area contributed by atoms with Crippen molar-refractivity contribution >= 4 is 11.9 Å². The fourth-order valence-electron chi connectivity index (χ4n) is 1.27. The molecule has 0 saturated heterocycles. The summed E-state index contributed by atoms with van der Waals surface area (Å²) in [5.41, 5.74) is 5.34. The van der Waals surface area contributed by atoms with E-state index in [0.717, 1.165) is 13.0 Å². The van der Waals surface area contributed by atoms with Gasteiger partial charge in [-0.05, 0) is 12.3 Å². The minimum atomic E-state index is -0.132. The summed E-state index contributed by atoms with van der Waals surface area (Å²) in [6.07, 6.45) is 2.46. The molecule has 0 atom stereocenters. The number of nitrogens with two attached hydrogens (primary N) is 1. The van der Waals surface area contributed by atoms with Crippen molar-refractivity contribution in [3.05, 3.63) is 6.33 Å². The predicted octanol–water partition coefficient (Wildman–Crippen LogP) is 0.0392. The summed E-state index contributed by atoms with van der Waals surface area (Å²) in [5.74, 6) is 0.671. The lowest BCUT2D eigenvalue weighted by atomic mass is 10.1.